The number of sulfonamides is 1. The molecule has 3 N–H and O–H groups in total. The minimum atomic E-state index is -3.88. The highest BCUT2D eigenvalue weighted by atomic mass is 32.2. The van der Waals surface area contributed by atoms with Crippen LogP contribution in [-0.2, 0) is 47.0 Å². The average Bonchev–Trinajstić information content (AvgIpc) is 3.99. The van der Waals surface area contributed by atoms with Crippen molar-refractivity contribution in [1.82, 2.24) is 25.2 Å². The first-order chi connectivity index (χ1) is 25.0. The fraction of sp³-hybridized carbons (Fsp3) is 0.605. The van der Waals surface area contributed by atoms with E-state index >= 15 is 0 Å². The molecule has 0 radical (unpaired) electrons. The molecule has 0 spiro atoms. The highest BCUT2D eigenvalue weighted by Crippen LogP contribution is 2.46. The lowest BCUT2D eigenvalue weighted by Crippen LogP contribution is -2.58. The topological polar surface area (TPSA) is 171 Å². The Morgan fingerprint density at radius 3 is 2.54 bits per heavy atom. The Morgan fingerprint density at radius 2 is 1.73 bits per heavy atom. The number of amides is 5. The van der Waals surface area contributed by atoms with Gasteiger partial charge in [0.25, 0.3) is 5.91 Å². The molecule has 2 aliphatic carbocycles. The highest BCUT2D eigenvalue weighted by molar-refractivity contribution is 7.91. The van der Waals surface area contributed by atoms with Gasteiger partial charge in [-0.1, -0.05) is 61.8 Å². The summed E-state index contributed by atoms with van der Waals surface area (Å²) in [5, 5.41) is 5.18. The number of nitrogens with one attached hydrogen (secondary N) is 3. The van der Waals surface area contributed by atoms with Crippen molar-refractivity contribution in [2.24, 2.45) is 5.92 Å². The molecular formula is C38H49N5O8S. The molecular weight excluding hydrogens is 687 g/mol. The van der Waals surface area contributed by atoms with E-state index in [0.717, 1.165) is 48.8 Å². The van der Waals surface area contributed by atoms with Crippen molar-refractivity contribution in [3.8, 4) is 0 Å². The third-order valence-electron chi connectivity index (χ3n) is 11.3. The van der Waals surface area contributed by atoms with E-state index in [0.29, 0.717) is 51.6 Å². The molecule has 3 fully saturated rings. The number of carbonyl (C=O) groups excluding carboxylic acids is 5. The highest BCUT2D eigenvalue weighted by Gasteiger charge is 2.62. The number of ether oxygens (including phenoxy) is 1. The lowest BCUT2D eigenvalue weighted by molar-refractivity contribution is -0.142. The number of fused-ring (bicyclic) bond motifs is 4. The zero-order valence-electron chi connectivity index (χ0n) is 29.5. The summed E-state index contributed by atoms with van der Waals surface area (Å²) in [6, 6.07) is 3.99. The molecule has 6 aliphatic rings. The Balaban J connectivity index is 1.17. The fourth-order valence-electron chi connectivity index (χ4n) is 8.00. The molecule has 1 aromatic rings. The normalized spacial score (nSPS) is 30.4. The number of allylic oxidation sites excluding steroid dienone is 2. The molecule has 4 heterocycles. The van der Waals surface area contributed by atoms with Gasteiger partial charge in [-0.15, -0.1) is 0 Å². The van der Waals surface area contributed by atoms with Crippen LogP contribution in [0, 0.1) is 5.92 Å². The van der Waals surface area contributed by atoms with Crippen molar-refractivity contribution < 1.29 is 37.1 Å². The summed E-state index contributed by atoms with van der Waals surface area (Å²) in [6.07, 6.45) is 14.8. The van der Waals surface area contributed by atoms with Gasteiger partial charge in [-0.25, -0.2) is 13.2 Å². The number of rotatable bonds is 3. The van der Waals surface area contributed by atoms with E-state index in [4.69, 9.17) is 4.74 Å². The van der Waals surface area contributed by atoms with Crippen LogP contribution in [0.4, 0.5) is 4.79 Å². The number of hydrogen-bond acceptors (Lipinski definition) is 8. The van der Waals surface area contributed by atoms with Crippen LogP contribution in [0.15, 0.2) is 36.4 Å². The quantitative estimate of drug-likeness (QED) is 0.396. The van der Waals surface area contributed by atoms with Gasteiger partial charge in [-0.3, -0.25) is 28.8 Å². The lowest BCUT2D eigenvalue weighted by Gasteiger charge is -2.30. The Bertz CT molecular complexity index is 1770. The third kappa shape index (κ3) is 7.91. The molecule has 52 heavy (non-hydrogen) atoms. The molecule has 2 saturated carbocycles. The first-order valence-corrected chi connectivity index (χ1v) is 20.5. The van der Waals surface area contributed by atoms with Crippen LogP contribution >= 0.6 is 0 Å². The standard InChI is InChI=1S/C38H49N5O8S/c44-33-17-10-6-1-3-7-12-25-13-11-14-26-22-42(24-30(25)26)37(48)51-28-20-32-34(45)40-38(36(47)41-52(49,50)29-18-19-29)21-27(38)15-8-4-2-5-9-16-31(39-33)35(46)43(32)23-28/h7-8,11-15,27-29,31-32H,1-6,9-10,16-24H2,(H,39,44)(H,40,45)(H,41,47)/t27-,28-,31+,32+,38-/m1/s1. The van der Waals surface area contributed by atoms with Gasteiger partial charge in [-0.2, -0.15) is 0 Å². The Labute approximate surface area is 305 Å². The van der Waals surface area contributed by atoms with E-state index in [9.17, 15) is 32.4 Å². The van der Waals surface area contributed by atoms with Crippen LogP contribution in [-0.4, -0.2) is 83.5 Å². The maximum atomic E-state index is 14.4. The molecule has 13 nitrogen and oxygen atoms in total. The first-order valence-electron chi connectivity index (χ1n) is 18.9. The van der Waals surface area contributed by atoms with Crippen molar-refractivity contribution in [3.63, 3.8) is 0 Å². The molecule has 5 amide bonds. The van der Waals surface area contributed by atoms with Gasteiger partial charge < -0.3 is 20.3 Å². The minimum absolute atomic E-state index is 0.0165. The van der Waals surface area contributed by atoms with Gasteiger partial charge in [-0.05, 0) is 74.5 Å². The van der Waals surface area contributed by atoms with Crippen molar-refractivity contribution in [2.45, 2.75) is 132 Å². The summed E-state index contributed by atoms with van der Waals surface area (Å²) in [7, 11) is -3.88. The smallest absolute Gasteiger partial charge is 0.410 e. The average molecular weight is 736 g/mol. The largest absolute Gasteiger partial charge is 0.444 e. The van der Waals surface area contributed by atoms with Crippen LogP contribution in [0.1, 0.15) is 107 Å². The van der Waals surface area contributed by atoms with E-state index in [2.05, 4.69) is 27.5 Å². The zero-order chi connectivity index (χ0) is 36.5. The van der Waals surface area contributed by atoms with Gasteiger partial charge in [0, 0.05) is 25.3 Å². The van der Waals surface area contributed by atoms with Crippen LogP contribution in [0.25, 0.3) is 6.08 Å². The first kappa shape index (κ1) is 36.2. The van der Waals surface area contributed by atoms with Crippen LogP contribution in [0.5, 0.6) is 0 Å². The van der Waals surface area contributed by atoms with E-state index in [1.807, 2.05) is 30.4 Å². The second kappa shape index (κ2) is 15.0. The van der Waals surface area contributed by atoms with Gasteiger partial charge in [0.1, 0.15) is 23.7 Å². The van der Waals surface area contributed by atoms with Crippen molar-refractivity contribution >= 4 is 45.8 Å². The zero-order valence-corrected chi connectivity index (χ0v) is 30.3. The molecule has 14 heteroatoms. The van der Waals surface area contributed by atoms with E-state index in [-0.39, 0.29) is 31.7 Å². The molecule has 5 bridgehead atoms. The molecule has 1 aromatic carbocycles. The maximum absolute atomic E-state index is 14.4. The molecule has 1 saturated heterocycles. The SMILES string of the molecule is O=C1CCCCCC=Cc2cccc3c2CN(C3)C(=O)O[C@@H]2C[C@H]3C(=O)N[C@]4(C(=O)NS(=O)(=O)C5CC5)C[C@H]4C=CCCCCC[C@H](N1)C(=O)N3C2. The summed E-state index contributed by atoms with van der Waals surface area (Å²) < 4.78 is 33.8. The van der Waals surface area contributed by atoms with Crippen molar-refractivity contribution in [3.05, 3.63) is 53.1 Å². The van der Waals surface area contributed by atoms with Gasteiger partial charge in [0.05, 0.1) is 18.3 Å². The molecule has 4 aliphatic heterocycles. The van der Waals surface area contributed by atoms with Crippen molar-refractivity contribution in [1.29, 1.82) is 0 Å². The fourth-order valence-corrected chi connectivity index (χ4v) is 9.36. The number of carbonyl (C=O) groups is 5. The minimum Gasteiger partial charge on any atom is -0.444 e. The summed E-state index contributed by atoms with van der Waals surface area (Å²) in [4.78, 5) is 72.1. The van der Waals surface area contributed by atoms with Gasteiger partial charge in [0.2, 0.25) is 27.7 Å². The lowest BCUT2D eigenvalue weighted by atomic mass is 10.0. The Hall–Kier alpha value is -4.20. The van der Waals surface area contributed by atoms with Crippen LogP contribution < -0.4 is 15.4 Å². The number of nitrogens with zero attached hydrogens (tertiary/aromatic N) is 2. The van der Waals surface area contributed by atoms with Crippen molar-refractivity contribution in [2.75, 3.05) is 6.54 Å². The van der Waals surface area contributed by atoms with E-state index < -0.39 is 68.7 Å². The predicted octanol–water partition coefficient (Wildman–Crippen LogP) is 3.57. The van der Waals surface area contributed by atoms with Gasteiger partial charge in [0.15, 0.2) is 0 Å². The second-order valence-corrected chi connectivity index (χ2v) is 17.2. The second-order valence-electron chi connectivity index (χ2n) is 15.2. The summed E-state index contributed by atoms with van der Waals surface area (Å²) >= 11 is 0. The summed E-state index contributed by atoms with van der Waals surface area (Å²) in [6.45, 7) is 0.681. The molecule has 0 aromatic heterocycles. The number of benzene rings is 1. The summed E-state index contributed by atoms with van der Waals surface area (Å²) in [5.41, 5.74) is 1.63. The van der Waals surface area contributed by atoms with Crippen LogP contribution in [0.3, 0.4) is 0 Å². The van der Waals surface area contributed by atoms with Gasteiger partial charge >= 0.3 is 6.09 Å². The van der Waals surface area contributed by atoms with E-state index in [1.165, 1.54) is 4.90 Å². The monoisotopic (exact) mass is 735 g/mol. The molecule has 5 atom stereocenters. The Kier molecular flexibility index (Phi) is 10.5. The molecule has 0 unspecified atom stereocenters. The molecule has 280 valence electrons. The number of hydrogen-bond donors (Lipinski definition) is 3. The summed E-state index contributed by atoms with van der Waals surface area (Å²) in [5.74, 6) is -2.52. The predicted molar refractivity (Wildman–Crippen MR) is 191 cm³/mol. The van der Waals surface area contributed by atoms with E-state index in [1.54, 1.807) is 4.90 Å². The van der Waals surface area contributed by atoms with Crippen LogP contribution in [0.2, 0.25) is 0 Å². The Morgan fingerprint density at radius 1 is 0.942 bits per heavy atom. The maximum Gasteiger partial charge on any atom is 0.410 e. The molecule has 7 rings (SSSR count). The third-order valence-corrected chi connectivity index (χ3v) is 13.1.